The molecule has 2 aromatic carbocycles. The topological polar surface area (TPSA) is 25.8 Å². The lowest BCUT2D eigenvalue weighted by Gasteiger charge is -2.15. The van der Waals surface area contributed by atoms with Crippen molar-refractivity contribution >= 4 is 11.5 Å². The summed E-state index contributed by atoms with van der Waals surface area (Å²) in [6.07, 6.45) is 8.94. The average molecular weight is 399 g/mol. The molecule has 0 unspecified atom stereocenters. The summed E-state index contributed by atoms with van der Waals surface area (Å²) < 4.78 is 4.54. The van der Waals surface area contributed by atoms with E-state index in [4.69, 9.17) is 0 Å². The molecule has 29 heavy (non-hydrogen) atoms. The van der Waals surface area contributed by atoms with Crippen LogP contribution in [0.5, 0.6) is 0 Å². The lowest BCUT2D eigenvalue weighted by Crippen LogP contribution is -1.98. The van der Waals surface area contributed by atoms with E-state index < -0.39 is 0 Å². The summed E-state index contributed by atoms with van der Waals surface area (Å²) in [5.74, 6) is 0. The summed E-state index contributed by atoms with van der Waals surface area (Å²) in [6.45, 7) is 6.76. The highest BCUT2D eigenvalue weighted by molar-refractivity contribution is 7.10. The van der Waals surface area contributed by atoms with Crippen LogP contribution in [0.25, 0.3) is 32.7 Å². The van der Waals surface area contributed by atoms with Crippen molar-refractivity contribution in [3.63, 3.8) is 0 Å². The zero-order chi connectivity index (χ0) is 20.2. The molecule has 4 aromatic rings. The Morgan fingerprint density at radius 1 is 0.724 bits per heavy atom. The molecule has 0 aliphatic carbocycles. The molecule has 0 atom stereocenters. The van der Waals surface area contributed by atoms with Gasteiger partial charge < -0.3 is 0 Å². The lowest BCUT2D eigenvalue weighted by molar-refractivity contribution is 0.983. The second-order valence-corrected chi connectivity index (χ2v) is 8.02. The zero-order valence-corrected chi connectivity index (χ0v) is 18.1. The maximum Gasteiger partial charge on any atom is 0.0628 e. The Morgan fingerprint density at radius 2 is 1.41 bits per heavy atom. The van der Waals surface area contributed by atoms with E-state index in [-0.39, 0.29) is 0 Å². The summed E-state index contributed by atoms with van der Waals surface area (Å²) in [6, 6.07) is 17.5. The van der Waals surface area contributed by atoms with Crippen LogP contribution in [-0.2, 0) is 19.3 Å². The van der Waals surface area contributed by atoms with Gasteiger partial charge in [0.1, 0.15) is 0 Å². The number of rotatable bonds is 6. The number of hydrogen-bond donors (Lipinski definition) is 0. The molecular formula is C26H26N2S. The van der Waals surface area contributed by atoms with Crippen LogP contribution in [0, 0.1) is 0 Å². The summed E-state index contributed by atoms with van der Waals surface area (Å²) in [7, 11) is 0. The summed E-state index contributed by atoms with van der Waals surface area (Å²) in [4.78, 5) is 5.48. The Bertz CT molecular complexity index is 1070. The molecule has 2 aromatic heterocycles. The van der Waals surface area contributed by atoms with Gasteiger partial charge in [-0.25, -0.2) is 0 Å². The van der Waals surface area contributed by atoms with Gasteiger partial charge in [0.05, 0.1) is 4.88 Å². The molecule has 0 amide bonds. The summed E-state index contributed by atoms with van der Waals surface area (Å²) in [5, 5.41) is 0. The average Bonchev–Trinajstić information content (AvgIpc) is 3.28. The molecule has 3 heteroatoms. The highest BCUT2D eigenvalue weighted by atomic mass is 32.1. The molecule has 2 heterocycles. The Morgan fingerprint density at radius 3 is 2.00 bits per heavy atom. The van der Waals surface area contributed by atoms with E-state index in [1.807, 2.05) is 18.5 Å². The van der Waals surface area contributed by atoms with Crippen LogP contribution < -0.4 is 0 Å². The third-order valence-electron chi connectivity index (χ3n) is 5.57. The van der Waals surface area contributed by atoms with Gasteiger partial charge in [-0.1, -0.05) is 51.1 Å². The fourth-order valence-electron chi connectivity index (χ4n) is 4.04. The molecule has 0 spiro atoms. The number of aryl methyl sites for hydroxylation is 2. The van der Waals surface area contributed by atoms with E-state index >= 15 is 0 Å². The number of nitrogens with zero attached hydrogens (tertiary/aromatic N) is 2. The first kappa shape index (κ1) is 19.5. The van der Waals surface area contributed by atoms with Gasteiger partial charge in [0.2, 0.25) is 0 Å². The Kier molecular flexibility index (Phi) is 5.86. The van der Waals surface area contributed by atoms with Crippen molar-refractivity contribution in [3.05, 3.63) is 83.8 Å². The van der Waals surface area contributed by atoms with E-state index in [0.717, 1.165) is 24.8 Å². The maximum atomic E-state index is 4.54. The van der Waals surface area contributed by atoms with Crippen molar-refractivity contribution in [2.45, 2.75) is 40.0 Å². The minimum Gasteiger partial charge on any atom is -0.264 e. The Labute approximate surface area is 177 Å². The van der Waals surface area contributed by atoms with E-state index in [2.05, 4.69) is 72.6 Å². The number of aromatic nitrogens is 2. The van der Waals surface area contributed by atoms with Gasteiger partial charge in [0, 0.05) is 24.2 Å². The smallest absolute Gasteiger partial charge is 0.0628 e. The van der Waals surface area contributed by atoms with E-state index in [1.165, 1.54) is 43.8 Å². The molecule has 0 bridgehead atoms. The number of benzene rings is 2. The van der Waals surface area contributed by atoms with Crippen molar-refractivity contribution in [3.8, 4) is 32.7 Å². The lowest BCUT2D eigenvalue weighted by atomic mass is 9.91. The number of hydrogen-bond acceptors (Lipinski definition) is 3. The maximum absolute atomic E-state index is 4.54. The molecule has 0 aliphatic rings. The standard InChI is InChI=1S/C26H26N2S/c1-4-18-14-23(15-19(5-2)24(18)6-3)26-25(17-28-29-26)21-11-9-20(10-12-21)22-8-7-13-27-16-22/h7-17H,4-6H2,1-3H3. The highest BCUT2D eigenvalue weighted by Gasteiger charge is 2.14. The fraction of sp³-hybridized carbons (Fsp3) is 0.231. The third kappa shape index (κ3) is 3.88. The van der Waals surface area contributed by atoms with Gasteiger partial charge in [0.15, 0.2) is 0 Å². The predicted molar refractivity (Wildman–Crippen MR) is 124 cm³/mol. The van der Waals surface area contributed by atoms with Crippen LogP contribution in [0.4, 0.5) is 0 Å². The van der Waals surface area contributed by atoms with Gasteiger partial charge in [-0.3, -0.25) is 4.98 Å². The van der Waals surface area contributed by atoms with E-state index in [1.54, 1.807) is 17.7 Å². The molecule has 146 valence electrons. The van der Waals surface area contributed by atoms with Crippen LogP contribution in [0.3, 0.4) is 0 Å². The Balaban J connectivity index is 1.74. The minimum absolute atomic E-state index is 1.07. The molecule has 0 saturated carbocycles. The van der Waals surface area contributed by atoms with E-state index in [0.29, 0.717) is 0 Å². The van der Waals surface area contributed by atoms with Crippen LogP contribution >= 0.6 is 11.5 Å². The molecular weight excluding hydrogens is 372 g/mol. The molecule has 0 aliphatic heterocycles. The first-order valence-corrected chi connectivity index (χ1v) is 11.1. The van der Waals surface area contributed by atoms with Gasteiger partial charge in [-0.05, 0) is 87.9 Å². The van der Waals surface area contributed by atoms with Crippen molar-refractivity contribution in [2.24, 2.45) is 0 Å². The van der Waals surface area contributed by atoms with Gasteiger partial charge >= 0.3 is 0 Å². The minimum atomic E-state index is 1.07. The van der Waals surface area contributed by atoms with Crippen LogP contribution in [-0.4, -0.2) is 9.36 Å². The summed E-state index contributed by atoms with van der Waals surface area (Å²) in [5.41, 5.74) is 10.5. The first-order valence-electron chi connectivity index (χ1n) is 10.4. The summed E-state index contributed by atoms with van der Waals surface area (Å²) >= 11 is 1.59. The Hall–Kier alpha value is -2.78. The van der Waals surface area contributed by atoms with Crippen molar-refractivity contribution in [2.75, 3.05) is 0 Å². The van der Waals surface area contributed by atoms with Crippen LogP contribution in [0.1, 0.15) is 37.5 Å². The molecule has 0 saturated heterocycles. The normalized spacial score (nSPS) is 11.0. The monoisotopic (exact) mass is 398 g/mol. The first-order chi connectivity index (χ1) is 14.2. The van der Waals surface area contributed by atoms with Crippen LogP contribution in [0.2, 0.25) is 0 Å². The van der Waals surface area contributed by atoms with Gasteiger partial charge in [-0.2, -0.15) is 4.37 Å². The predicted octanol–water partition coefficient (Wildman–Crippen LogP) is 7.23. The van der Waals surface area contributed by atoms with Gasteiger partial charge in [-0.15, -0.1) is 0 Å². The molecule has 0 fully saturated rings. The largest absolute Gasteiger partial charge is 0.264 e. The van der Waals surface area contributed by atoms with Gasteiger partial charge in [0.25, 0.3) is 0 Å². The second-order valence-electron chi connectivity index (χ2n) is 7.22. The van der Waals surface area contributed by atoms with Crippen LogP contribution in [0.15, 0.2) is 67.1 Å². The van der Waals surface area contributed by atoms with Crippen molar-refractivity contribution < 1.29 is 0 Å². The third-order valence-corrected chi connectivity index (χ3v) is 6.42. The zero-order valence-electron chi connectivity index (χ0n) is 17.3. The highest BCUT2D eigenvalue weighted by Crippen LogP contribution is 2.38. The van der Waals surface area contributed by atoms with Crippen molar-refractivity contribution in [1.82, 2.24) is 9.36 Å². The second kappa shape index (κ2) is 8.71. The molecule has 2 nitrogen and oxygen atoms in total. The van der Waals surface area contributed by atoms with E-state index in [9.17, 15) is 0 Å². The van der Waals surface area contributed by atoms with Crippen molar-refractivity contribution in [1.29, 1.82) is 0 Å². The molecule has 4 rings (SSSR count). The fourth-order valence-corrected chi connectivity index (χ4v) is 4.80. The quantitative estimate of drug-likeness (QED) is 0.342. The molecule has 0 radical (unpaired) electrons. The SMILES string of the molecule is CCc1cc(-c2sncc2-c2ccc(-c3cccnc3)cc2)cc(CC)c1CC. The molecule has 0 N–H and O–H groups in total. The number of pyridine rings is 1.